The molecule has 0 saturated carbocycles. The van der Waals surface area contributed by atoms with Crippen molar-refractivity contribution in [2.75, 3.05) is 41.0 Å². The Morgan fingerprint density at radius 3 is 1.31 bits per heavy atom. The van der Waals surface area contributed by atoms with E-state index in [1.165, 1.54) is 25.7 Å². The van der Waals surface area contributed by atoms with Crippen molar-refractivity contribution in [3.8, 4) is 0 Å². The number of hydrogen-bond acceptors (Lipinski definition) is 7. The summed E-state index contributed by atoms with van der Waals surface area (Å²) in [7, 11) is 5.38. The van der Waals surface area contributed by atoms with E-state index in [1.807, 2.05) is 0 Å². The minimum absolute atomic E-state index is 0.0145. The first-order valence-electron chi connectivity index (χ1n) is 24.9. The molecule has 0 radical (unpaired) electrons. The first-order valence-corrected chi connectivity index (χ1v) is 24.9. The maximum atomic E-state index is 12.8. The van der Waals surface area contributed by atoms with E-state index in [0.717, 1.165) is 116 Å². The third kappa shape index (κ3) is 43.3. The Balaban J connectivity index is 4.41. The number of ether oxygens (including phenoxy) is 3. The number of allylic oxidation sites excluding steroid dienone is 18. The molecule has 8 nitrogen and oxygen atoms in total. The lowest BCUT2D eigenvalue weighted by atomic mass is 10.1. The van der Waals surface area contributed by atoms with Crippen LogP contribution in [-0.4, -0.2) is 75.5 Å². The number of likely N-dealkylation sites (N-methyl/N-ethyl adjacent to an activating group) is 1. The Kier molecular flexibility index (Phi) is 42.7. The zero-order valence-electron chi connectivity index (χ0n) is 41.2. The van der Waals surface area contributed by atoms with E-state index < -0.39 is 18.1 Å². The molecule has 0 rings (SSSR count). The predicted molar refractivity (Wildman–Crippen MR) is 268 cm³/mol. The zero-order chi connectivity index (χ0) is 47.0. The molecule has 0 saturated heterocycles. The second-order valence-corrected chi connectivity index (χ2v) is 17.3. The van der Waals surface area contributed by atoms with Crippen LogP contribution in [0.25, 0.3) is 0 Å². The van der Waals surface area contributed by atoms with E-state index in [4.69, 9.17) is 14.2 Å². The molecular weight excluding hydrogens is 799 g/mol. The number of hydrogen-bond donors (Lipinski definition) is 0. The predicted octanol–water partition coefficient (Wildman–Crippen LogP) is 13.1. The molecule has 0 aromatic rings. The standard InChI is InChI=1S/C56H91NO7/c1-6-8-10-12-14-16-18-20-22-24-26-27-29-31-33-35-37-39-41-43-45-47-55(59)64-52(50-62-49-48-53(56(60)61)57(3,4)5)51-63-54(58)46-44-42-40-38-36-34-32-30-28-25-23-21-19-17-15-13-11-9-7-2/h9,11,14-17,20-23,26-28,30-31,33-34,36,52-53H,6-8,10,12-13,18-19,24-25,29,32,35,37-51H2,1-5H3/b11-9+,16-14+,17-15+,22-20+,23-21+,27-26+,30-28+,33-31+,36-34+. The van der Waals surface area contributed by atoms with E-state index in [0.29, 0.717) is 6.42 Å². The van der Waals surface area contributed by atoms with Crippen LogP contribution >= 0.6 is 0 Å². The third-order valence-electron chi connectivity index (χ3n) is 10.4. The lowest BCUT2D eigenvalue weighted by Crippen LogP contribution is -2.55. The van der Waals surface area contributed by atoms with E-state index in [2.05, 4.69) is 123 Å². The third-order valence-corrected chi connectivity index (χ3v) is 10.4. The largest absolute Gasteiger partial charge is 0.544 e. The summed E-state index contributed by atoms with van der Waals surface area (Å²) in [6.07, 6.45) is 62.5. The summed E-state index contributed by atoms with van der Waals surface area (Å²) in [6.45, 7) is 4.45. The molecule has 362 valence electrons. The van der Waals surface area contributed by atoms with Gasteiger partial charge in [-0.05, 0) is 103 Å². The van der Waals surface area contributed by atoms with Gasteiger partial charge in [-0.2, -0.15) is 0 Å². The van der Waals surface area contributed by atoms with Crippen LogP contribution in [0.3, 0.4) is 0 Å². The van der Waals surface area contributed by atoms with Crippen LogP contribution in [0, 0.1) is 0 Å². The number of carboxylic acids is 1. The maximum absolute atomic E-state index is 12.8. The normalized spacial score (nSPS) is 13.8. The highest BCUT2D eigenvalue weighted by Gasteiger charge is 2.25. The molecule has 0 bridgehead atoms. The topological polar surface area (TPSA) is 102 Å². The van der Waals surface area contributed by atoms with Crippen LogP contribution < -0.4 is 5.11 Å². The van der Waals surface area contributed by atoms with Crippen LogP contribution in [0.15, 0.2) is 109 Å². The molecule has 0 heterocycles. The van der Waals surface area contributed by atoms with Crippen molar-refractivity contribution in [1.29, 1.82) is 0 Å². The molecular formula is C56H91NO7. The number of rotatable bonds is 43. The van der Waals surface area contributed by atoms with E-state index >= 15 is 0 Å². The summed E-state index contributed by atoms with van der Waals surface area (Å²) in [5, 5.41) is 11.7. The van der Waals surface area contributed by atoms with Crippen molar-refractivity contribution < 1.29 is 38.2 Å². The molecule has 0 aliphatic rings. The number of esters is 2. The number of carbonyl (C=O) groups is 3. The Morgan fingerprint density at radius 2 is 0.875 bits per heavy atom. The number of nitrogens with zero attached hydrogens (tertiary/aromatic N) is 1. The fourth-order valence-electron chi connectivity index (χ4n) is 6.55. The fraction of sp³-hybridized carbons (Fsp3) is 0.625. The maximum Gasteiger partial charge on any atom is 0.306 e. The van der Waals surface area contributed by atoms with E-state index in [1.54, 1.807) is 21.1 Å². The highest BCUT2D eigenvalue weighted by atomic mass is 16.6. The molecule has 0 fully saturated rings. The van der Waals surface area contributed by atoms with Gasteiger partial charge in [-0.1, -0.05) is 162 Å². The van der Waals surface area contributed by atoms with Crippen LogP contribution in [0.4, 0.5) is 0 Å². The van der Waals surface area contributed by atoms with Gasteiger partial charge in [-0.25, -0.2) is 0 Å². The summed E-state index contributed by atoms with van der Waals surface area (Å²) in [4.78, 5) is 37.0. The molecule has 2 atom stereocenters. The number of carboxylic acid groups (broad SMARTS) is 1. The minimum atomic E-state index is -1.14. The molecule has 2 unspecified atom stereocenters. The lowest BCUT2D eigenvalue weighted by molar-refractivity contribution is -0.889. The molecule has 8 heteroatoms. The molecule has 0 spiro atoms. The first-order chi connectivity index (χ1) is 31.1. The molecule has 0 aliphatic carbocycles. The van der Waals surface area contributed by atoms with Gasteiger partial charge in [0.25, 0.3) is 0 Å². The molecule has 64 heavy (non-hydrogen) atoms. The van der Waals surface area contributed by atoms with Crippen molar-refractivity contribution >= 4 is 17.9 Å². The SMILES string of the molecule is CC/C=C/C/C=C/C/C=C/C/C=C/C/C=C/CCCCCC(=O)OCC(COCCC(C(=O)[O-])[N+](C)(C)C)OC(=O)CCCCCCC/C=C/C/C=C/C/C=C/C/C=C/CCCCC. The van der Waals surface area contributed by atoms with Gasteiger partial charge in [0.1, 0.15) is 12.6 Å². The fourth-order valence-corrected chi connectivity index (χ4v) is 6.55. The van der Waals surface area contributed by atoms with Gasteiger partial charge in [0.2, 0.25) is 0 Å². The van der Waals surface area contributed by atoms with Crippen molar-refractivity contribution in [2.45, 2.75) is 187 Å². The van der Waals surface area contributed by atoms with Gasteiger partial charge in [0, 0.05) is 19.3 Å². The van der Waals surface area contributed by atoms with Crippen molar-refractivity contribution in [3.05, 3.63) is 109 Å². The van der Waals surface area contributed by atoms with Gasteiger partial charge in [-0.3, -0.25) is 9.59 Å². The number of quaternary nitrogens is 1. The highest BCUT2D eigenvalue weighted by molar-refractivity contribution is 5.70. The lowest BCUT2D eigenvalue weighted by Gasteiger charge is -2.34. The minimum Gasteiger partial charge on any atom is -0.544 e. The van der Waals surface area contributed by atoms with Crippen LogP contribution in [0.2, 0.25) is 0 Å². The number of carbonyl (C=O) groups excluding carboxylic acids is 3. The monoisotopic (exact) mass is 890 g/mol. The Bertz CT molecular complexity index is 1410. The van der Waals surface area contributed by atoms with Crippen LogP contribution in [0.1, 0.15) is 174 Å². The van der Waals surface area contributed by atoms with Crippen molar-refractivity contribution in [3.63, 3.8) is 0 Å². The summed E-state index contributed by atoms with van der Waals surface area (Å²) >= 11 is 0. The molecule has 0 aromatic heterocycles. The molecule has 0 aromatic carbocycles. The molecule has 0 amide bonds. The van der Waals surface area contributed by atoms with Gasteiger partial charge in [-0.15, -0.1) is 0 Å². The average Bonchev–Trinajstić information content (AvgIpc) is 3.26. The van der Waals surface area contributed by atoms with Crippen molar-refractivity contribution in [1.82, 2.24) is 0 Å². The molecule has 0 aliphatic heterocycles. The highest BCUT2D eigenvalue weighted by Crippen LogP contribution is 2.12. The summed E-state index contributed by atoms with van der Waals surface area (Å²) < 4.78 is 17.2. The second-order valence-electron chi connectivity index (χ2n) is 17.3. The zero-order valence-corrected chi connectivity index (χ0v) is 41.2. The number of unbranched alkanes of at least 4 members (excludes halogenated alkanes) is 11. The molecule has 0 N–H and O–H groups in total. The van der Waals surface area contributed by atoms with Crippen molar-refractivity contribution in [2.24, 2.45) is 0 Å². The van der Waals surface area contributed by atoms with Crippen LogP contribution in [0.5, 0.6) is 0 Å². The summed E-state index contributed by atoms with van der Waals surface area (Å²) in [5.74, 6) is -1.81. The summed E-state index contributed by atoms with van der Waals surface area (Å²) in [6, 6.07) is -0.742. The quantitative estimate of drug-likeness (QED) is 0.0260. The van der Waals surface area contributed by atoms with Gasteiger partial charge < -0.3 is 28.6 Å². The van der Waals surface area contributed by atoms with E-state index in [-0.39, 0.29) is 49.1 Å². The first kappa shape index (κ1) is 60.0. The van der Waals surface area contributed by atoms with Gasteiger partial charge in [0.05, 0.1) is 40.3 Å². The summed E-state index contributed by atoms with van der Waals surface area (Å²) in [5.41, 5.74) is 0. The van der Waals surface area contributed by atoms with Gasteiger partial charge >= 0.3 is 11.9 Å². The number of aliphatic carboxylic acids is 1. The average molecular weight is 890 g/mol. The Morgan fingerprint density at radius 1 is 0.484 bits per heavy atom. The van der Waals surface area contributed by atoms with E-state index in [9.17, 15) is 19.5 Å². The smallest absolute Gasteiger partial charge is 0.306 e. The Labute approximate surface area is 391 Å². The second kappa shape index (κ2) is 45.6. The Hall–Kier alpha value is -4.01. The van der Waals surface area contributed by atoms with Gasteiger partial charge in [0.15, 0.2) is 6.10 Å². The van der Waals surface area contributed by atoms with Crippen LogP contribution in [-0.2, 0) is 28.6 Å².